The second kappa shape index (κ2) is 5.37. The van der Waals surface area contributed by atoms with Gasteiger partial charge in [-0.2, -0.15) is 4.98 Å². The fourth-order valence-corrected chi connectivity index (χ4v) is 1.65. The molecular formula is C10H6BrClN4O3. The molecule has 0 aliphatic heterocycles. The molecule has 2 N–H and O–H groups in total. The minimum atomic E-state index is -0.549. The van der Waals surface area contributed by atoms with Crippen LogP contribution in [-0.4, -0.2) is 14.9 Å². The van der Waals surface area contributed by atoms with Crippen molar-refractivity contribution in [3.05, 3.63) is 44.0 Å². The maximum Gasteiger partial charge on any atom is 0.273 e. The zero-order chi connectivity index (χ0) is 14.0. The van der Waals surface area contributed by atoms with E-state index in [-0.39, 0.29) is 28.3 Å². The average Bonchev–Trinajstić information content (AvgIpc) is 2.36. The third-order valence-electron chi connectivity index (χ3n) is 2.06. The van der Waals surface area contributed by atoms with Gasteiger partial charge in [-0.1, -0.05) is 11.6 Å². The molecule has 0 aliphatic rings. The largest absolute Gasteiger partial charge is 0.436 e. The lowest BCUT2D eigenvalue weighted by Gasteiger charge is -2.08. The van der Waals surface area contributed by atoms with Gasteiger partial charge in [0.05, 0.1) is 26.7 Å². The van der Waals surface area contributed by atoms with E-state index in [4.69, 9.17) is 22.1 Å². The van der Waals surface area contributed by atoms with Crippen molar-refractivity contribution in [2.24, 2.45) is 0 Å². The molecule has 0 saturated heterocycles. The van der Waals surface area contributed by atoms with E-state index in [0.717, 1.165) is 0 Å². The number of non-ortho nitro benzene ring substituents is 1. The summed E-state index contributed by atoms with van der Waals surface area (Å²) in [6, 6.07) is 3.85. The van der Waals surface area contributed by atoms with Crippen LogP contribution in [0.5, 0.6) is 11.6 Å². The number of hydrogen-bond donors (Lipinski definition) is 1. The minimum Gasteiger partial charge on any atom is -0.436 e. The van der Waals surface area contributed by atoms with E-state index in [2.05, 4.69) is 25.9 Å². The Labute approximate surface area is 120 Å². The fourth-order valence-electron chi connectivity index (χ4n) is 1.22. The van der Waals surface area contributed by atoms with Crippen LogP contribution >= 0.6 is 27.5 Å². The number of nitrogens with zero attached hydrogens (tertiary/aromatic N) is 3. The van der Waals surface area contributed by atoms with Gasteiger partial charge in [0.15, 0.2) is 5.75 Å². The summed E-state index contributed by atoms with van der Waals surface area (Å²) in [4.78, 5) is 17.7. The maximum absolute atomic E-state index is 10.7. The summed E-state index contributed by atoms with van der Waals surface area (Å²) >= 11 is 9.08. The first-order chi connectivity index (χ1) is 8.97. The van der Waals surface area contributed by atoms with Gasteiger partial charge in [-0.3, -0.25) is 10.1 Å². The van der Waals surface area contributed by atoms with Crippen molar-refractivity contribution in [2.45, 2.75) is 0 Å². The molecule has 7 nitrogen and oxygen atoms in total. The van der Waals surface area contributed by atoms with Crippen LogP contribution in [0.4, 0.5) is 11.6 Å². The maximum atomic E-state index is 10.7. The smallest absolute Gasteiger partial charge is 0.273 e. The lowest BCUT2D eigenvalue weighted by molar-refractivity contribution is -0.384. The van der Waals surface area contributed by atoms with Crippen molar-refractivity contribution in [1.29, 1.82) is 0 Å². The van der Waals surface area contributed by atoms with Gasteiger partial charge in [0.1, 0.15) is 0 Å². The zero-order valence-corrected chi connectivity index (χ0v) is 11.6. The lowest BCUT2D eigenvalue weighted by atomic mass is 10.3. The number of halogens is 2. The Balaban J connectivity index is 2.40. The summed E-state index contributed by atoms with van der Waals surface area (Å²) in [6.45, 7) is 0. The quantitative estimate of drug-likeness (QED) is 0.676. The Morgan fingerprint density at radius 2 is 2.21 bits per heavy atom. The molecule has 0 radical (unpaired) electrons. The summed E-state index contributed by atoms with van der Waals surface area (Å²) in [5.74, 6) is 0.240. The molecule has 0 amide bonds. The summed E-state index contributed by atoms with van der Waals surface area (Å²) < 4.78 is 5.85. The molecule has 0 bridgehead atoms. The van der Waals surface area contributed by atoms with Crippen molar-refractivity contribution in [3.8, 4) is 11.6 Å². The Kier molecular flexibility index (Phi) is 3.82. The van der Waals surface area contributed by atoms with Crippen LogP contribution in [0.25, 0.3) is 0 Å². The Hall–Kier alpha value is -1.93. The van der Waals surface area contributed by atoms with E-state index in [9.17, 15) is 10.1 Å². The van der Waals surface area contributed by atoms with E-state index in [1.807, 2.05) is 0 Å². The predicted octanol–water partition coefficient (Wildman–Crippen LogP) is 3.18. The first-order valence-electron chi connectivity index (χ1n) is 4.87. The Bertz CT molecular complexity index is 653. The van der Waals surface area contributed by atoms with Crippen LogP contribution in [0.3, 0.4) is 0 Å². The summed E-state index contributed by atoms with van der Waals surface area (Å²) in [5, 5.41) is 10.9. The number of anilines is 1. The highest BCUT2D eigenvalue weighted by atomic mass is 79.9. The van der Waals surface area contributed by atoms with Crippen molar-refractivity contribution >= 4 is 39.2 Å². The van der Waals surface area contributed by atoms with Gasteiger partial charge in [-0.15, -0.1) is 0 Å². The molecule has 1 aromatic heterocycles. The highest BCUT2D eigenvalue weighted by Crippen LogP contribution is 2.34. The molecule has 1 heterocycles. The third kappa shape index (κ3) is 3.09. The number of rotatable bonds is 3. The number of benzene rings is 1. The first kappa shape index (κ1) is 13.5. The average molecular weight is 346 g/mol. The van der Waals surface area contributed by atoms with Crippen LogP contribution in [0, 0.1) is 10.1 Å². The minimum absolute atomic E-state index is 0.0137. The van der Waals surface area contributed by atoms with E-state index in [1.165, 1.54) is 24.4 Å². The SMILES string of the molecule is Nc1ncc(Br)c(Oc2cc([N+](=O)[O-])ccc2Cl)n1. The number of nitrogen functional groups attached to an aromatic ring is 1. The number of aromatic nitrogens is 2. The second-order valence-electron chi connectivity index (χ2n) is 3.36. The number of nitro groups is 1. The van der Waals surface area contributed by atoms with Crippen molar-refractivity contribution in [1.82, 2.24) is 9.97 Å². The molecule has 0 atom stereocenters. The highest BCUT2D eigenvalue weighted by molar-refractivity contribution is 9.10. The third-order valence-corrected chi connectivity index (χ3v) is 2.92. The number of ether oxygens (including phenoxy) is 1. The fraction of sp³-hybridized carbons (Fsp3) is 0. The van der Waals surface area contributed by atoms with Gasteiger partial charge in [-0.25, -0.2) is 4.98 Å². The van der Waals surface area contributed by atoms with Crippen LogP contribution in [0.15, 0.2) is 28.9 Å². The molecule has 19 heavy (non-hydrogen) atoms. The van der Waals surface area contributed by atoms with Crippen LogP contribution in [0.1, 0.15) is 0 Å². The van der Waals surface area contributed by atoms with E-state index in [0.29, 0.717) is 4.47 Å². The Morgan fingerprint density at radius 3 is 2.89 bits per heavy atom. The molecule has 0 saturated carbocycles. The summed E-state index contributed by atoms with van der Waals surface area (Å²) in [6.07, 6.45) is 1.41. The van der Waals surface area contributed by atoms with Crippen molar-refractivity contribution < 1.29 is 9.66 Å². The van der Waals surface area contributed by atoms with Gasteiger partial charge in [0.25, 0.3) is 5.69 Å². The van der Waals surface area contributed by atoms with Gasteiger partial charge >= 0.3 is 0 Å². The van der Waals surface area contributed by atoms with Gasteiger partial charge in [0.2, 0.25) is 11.8 Å². The molecule has 9 heteroatoms. The van der Waals surface area contributed by atoms with Crippen molar-refractivity contribution in [3.63, 3.8) is 0 Å². The van der Waals surface area contributed by atoms with E-state index in [1.54, 1.807) is 0 Å². The number of nitrogens with two attached hydrogens (primary N) is 1. The standard InChI is InChI=1S/C10H6BrClN4O3/c11-6-4-14-10(13)15-9(6)19-8-3-5(16(17)18)1-2-7(8)12/h1-4H,(H2,13,14,15). The van der Waals surface area contributed by atoms with Gasteiger partial charge in [0, 0.05) is 6.07 Å². The zero-order valence-electron chi connectivity index (χ0n) is 9.21. The first-order valence-corrected chi connectivity index (χ1v) is 6.04. The lowest BCUT2D eigenvalue weighted by Crippen LogP contribution is -1.98. The topological polar surface area (TPSA) is 104 Å². The molecule has 0 fully saturated rings. The summed E-state index contributed by atoms with van der Waals surface area (Å²) in [7, 11) is 0. The highest BCUT2D eigenvalue weighted by Gasteiger charge is 2.14. The van der Waals surface area contributed by atoms with Crippen LogP contribution in [0.2, 0.25) is 5.02 Å². The second-order valence-corrected chi connectivity index (χ2v) is 4.62. The van der Waals surface area contributed by atoms with Crippen LogP contribution < -0.4 is 10.5 Å². The Morgan fingerprint density at radius 1 is 1.47 bits per heavy atom. The normalized spacial score (nSPS) is 10.2. The van der Waals surface area contributed by atoms with Gasteiger partial charge < -0.3 is 10.5 Å². The number of hydrogen-bond acceptors (Lipinski definition) is 6. The van der Waals surface area contributed by atoms with E-state index < -0.39 is 4.92 Å². The van der Waals surface area contributed by atoms with Crippen molar-refractivity contribution in [2.75, 3.05) is 5.73 Å². The molecule has 98 valence electrons. The molecule has 2 rings (SSSR count). The molecular weight excluding hydrogens is 339 g/mol. The van der Waals surface area contributed by atoms with Gasteiger partial charge in [-0.05, 0) is 22.0 Å². The molecule has 2 aromatic rings. The summed E-state index contributed by atoms with van der Waals surface area (Å²) in [5.41, 5.74) is 5.29. The molecule has 0 aliphatic carbocycles. The molecule has 0 unspecified atom stereocenters. The monoisotopic (exact) mass is 344 g/mol. The van der Waals surface area contributed by atoms with Crippen LogP contribution in [-0.2, 0) is 0 Å². The molecule has 0 spiro atoms. The number of nitro benzene ring substituents is 1. The van der Waals surface area contributed by atoms with E-state index >= 15 is 0 Å². The predicted molar refractivity (Wildman–Crippen MR) is 72.3 cm³/mol. The molecule has 1 aromatic carbocycles.